The first kappa shape index (κ1) is 21.8. The SMILES string of the molecule is CC[C@@H](C)N(Cc1ccc(OS(C)(=O)=O)cc1)C(=O)Cc1ccc(OC)cc1. The van der Waals surface area contributed by atoms with Crippen molar-refractivity contribution in [3.63, 3.8) is 0 Å². The van der Waals surface area contributed by atoms with E-state index >= 15 is 0 Å². The van der Waals surface area contributed by atoms with Gasteiger partial charge in [-0.3, -0.25) is 4.79 Å². The molecule has 0 saturated heterocycles. The summed E-state index contributed by atoms with van der Waals surface area (Å²) in [7, 11) is -1.95. The van der Waals surface area contributed by atoms with Crippen molar-refractivity contribution < 1.29 is 22.1 Å². The van der Waals surface area contributed by atoms with Crippen LogP contribution in [0.3, 0.4) is 0 Å². The summed E-state index contributed by atoms with van der Waals surface area (Å²) in [4.78, 5) is 14.8. The highest BCUT2D eigenvalue weighted by Crippen LogP contribution is 2.19. The first-order chi connectivity index (χ1) is 13.2. The molecule has 0 bridgehead atoms. The lowest BCUT2D eigenvalue weighted by Crippen LogP contribution is -2.38. The summed E-state index contributed by atoms with van der Waals surface area (Å²) < 4.78 is 32.4. The van der Waals surface area contributed by atoms with Crippen LogP contribution in [0.1, 0.15) is 31.4 Å². The van der Waals surface area contributed by atoms with Crippen molar-refractivity contribution in [3.8, 4) is 11.5 Å². The number of nitrogens with zero attached hydrogens (tertiary/aromatic N) is 1. The van der Waals surface area contributed by atoms with E-state index in [0.29, 0.717) is 13.0 Å². The van der Waals surface area contributed by atoms with Gasteiger partial charge >= 0.3 is 10.1 Å². The van der Waals surface area contributed by atoms with E-state index < -0.39 is 10.1 Å². The second-order valence-electron chi connectivity index (χ2n) is 6.74. The van der Waals surface area contributed by atoms with Gasteiger partial charge < -0.3 is 13.8 Å². The number of ether oxygens (including phenoxy) is 1. The second-order valence-corrected chi connectivity index (χ2v) is 8.31. The van der Waals surface area contributed by atoms with Gasteiger partial charge in [0.15, 0.2) is 0 Å². The van der Waals surface area contributed by atoms with Crippen LogP contribution >= 0.6 is 0 Å². The van der Waals surface area contributed by atoms with Gasteiger partial charge in [-0.1, -0.05) is 31.2 Å². The zero-order chi connectivity index (χ0) is 20.7. The Hall–Kier alpha value is -2.54. The molecule has 2 aromatic rings. The third kappa shape index (κ3) is 6.56. The van der Waals surface area contributed by atoms with Gasteiger partial charge in [0.2, 0.25) is 5.91 Å². The number of hydrogen-bond donors (Lipinski definition) is 0. The molecule has 2 aromatic carbocycles. The van der Waals surface area contributed by atoms with Gasteiger partial charge in [-0.05, 0) is 48.7 Å². The molecule has 28 heavy (non-hydrogen) atoms. The van der Waals surface area contributed by atoms with Gasteiger partial charge in [-0.25, -0.2) is 0 Å². The quantitative estimate of drug-likeness (QED) is 0.598. The van der Waals surface area contributed by atoms with Crippen LogP contribution in [0.5, 0.6) is 11.5 Å². The summed E-state index contributed by atoms with van der Waals surface area (Å²) in [5.74, 6) is 1.05. The fourth-order valence-corrected chi connectivity index (χ4v) is 3.21. The van der Waals surface area contributed by atoms with Crippen LogP contribution in [0.4, 0.5) is 0 Å². The molecular formula is C21H27NO5S. The minimum atomic E-state index is -3.56. The molecule has 2 rings (SSSR count). The standard InChI is InChI=1S/C21H27NO5S/c1-5-16(2)22(21(23)14-17-6-10-19(26-3)11-7-17)15-18-8-12-20(13-9-18)27-28(4,24)25/h6-13,16H,5,14-15H2,1-4H3/t16-/m1/s1. The molecule has 0 fully saturated rings. The van der Waals surface area contributed by atoms with Crippen molar-refractivity contribution >= 4 is 16.0 Å². The molecule has 0 N–H and O–H groups in total. The zero-order valence-corrected chi connectivity index (χ0v) is 17.5. The predicted octanol–water partition coefficient (Wildman–Crippen LogP) is 3.40. The number of rotatable bonds is 9. The van der Waals surface area contributed by atoms with Crippen LogP contribution in [0.2, 0.25) is 0 Å². The molecule has 0 aliphatic carbocycles. The summed E-state index contributed by atoms with van der Waals surface area (Å²) >= 11 is 0. The highest BCUT2D eigenvalue weighted by molar-refractivity contribution is 7.86. The Labute approximate surface area is 167 Å². The predicted molar refractivity (Wildman–Crippen MR) is 109 cm³/mol. The molecular weight excluding hydrogens is 378 g/mol. The highest BCUT2D eigenvalue weighted by atomic mass is 32.2. The molecule has 0 unspecified atom stereocenters. The van der Waals surface area contributed by atoms with Gasteiger partial charge in [-0.2, -0.15) is 8.42 Å². The van der Waals surface area contributed by atoms with E-state index in [9.17, 15) is 13.2 Å². The van der Waals surface area contributed by atoms with Gasteiger partial charge in [0, 0.05) is 12.6 Å². The maximum absolute atomic E-state index is 12.9. The minimum Gasteiger partial charge on any atom is -0.497 e. The number of amides is 1. The fraction of sp³-hybridized carbons (Fsp3) is 0.381. The van der Waals surface area contributed by atoms with Crippen molar-refractivity contribution in [1.82, 2.24) is 4.90 Å². The summed E-state index contributed by atoms with van der Waals surface area (Å²) in [5.41, 5.74) is 1.83. The summed E-state index contributed by atoms with van der Waals surface area (Å²) in [6.45, 7) is 4.51. The molecule has 0 heterocycles. The van der Waals surface area contributed by atoms with Crippen molar-refractivity contribution in [2.24, 2.45) is 0 Å². The van der Waals surface area contributed by atoms with Crippen LogP contribution in [0.25, 0.3) is 0 Å². The van der Waals surface area contributed by atoms with Crippen LogP contribution < -0.4 is 8.92 Å². The molecule has 7 heteroatoms. The lowest BCUT2D eigenvalue weighted by Gasteiger charge is -2.29. The maximum atomic E-state index is 12.9. The maximum Gasteiger partial charge on any atom is 0.306 e. The van der Waals surface area contributed by atoms with Crippen LogP contribution in [-0.2, 0) is 27.9 Å². The van der Waals surface area contributed by atoms with Crippen molar-refractivity contribution in [2.45, 2.75) is 39.3 Å². The van der Waals surface area contributed by atoms with Crippen molar-refractivity contribution in [3.05, 3.63) is 59.7 Å². The van der Waals surface area contributed by atoms with E-state index in [1.807, 2.05) is 43.0 Å². The monoisotopic (exact) mass is 405 g/mol. The Bertz CT molecular complexity index is 876. The Morgan fingerprint density at radius 1 is 1.00 bits per heavy atom. The first-order valence-corrected chi connectivity index (χ1v) is 10.9. The molecule has 0 radical (unpaired) electrons. The molecule has 6 nitrogen and oxygen atoms in total. The van der Waals surface area contributed by atoms with Gasteiger partial charge in [0.25, 0.3) is 0 Å². The Balaban J connectivity index is 2.10. The number of hydrogen-bond acceptors (Lipinski definition) is 5. The van der Waals surface area contributed by atoms with E-state index in [-0.39, 0.29) is 17.7 Å². The highest BCUT2D eigenvalue weighted by Gasteiger charge is 2.19. The van der Waals surface area contributed by atoms with Gasteiger partial charge in [0.1, 0.15) is 11.5 Å². The number of carbonyl (C=O) groups is 1. The Morgan fingerprint density at radius 3 is 2.04 bits per heavy atom. The normalized spacial score (nSPS) is 12.3. The molecule has 0 aromatic heterocycles. The summed E-state index contributed by atoms with van der Waals surface area (Å²) in [6, 6.07) is 14.3. The molecule has 152 valence electrons. The first-order valence-electron chi connectivity index (χ1n) is 9.12. The topological polar surface area (TPSA) is 72.9 Å². The number of methoxy groups -OCH3 is 1. The van der Waals surface area contributed by atoms with Crippen molar-refractivity contribution in [1.29, 1.82) is 0 Å². The van der Waals surface area contributed by atoms with E-state index in [2.05, 4.69) is 0 Å². The van der Waals surface area contributed by atoms with Crippen LogP contribution in [0.15, 0.2) is 48.5 Å². The fourth-order valence-electron chi connectivity index (χ4n) is 2.75. The Kier molecular flexibility index (Phi) is 7.45. The van der Waals surface area contributed by atoms with E-state index in [0.717, 1.165) is 29.6 Å². The molecule has 0 aliphatic rings. The third-order valence-corrected chi connectivity index (χ3v) is 4.98. The molecule has 0 aliphatic heterocycles. The minimum absolute atomic E-state index is 0.0379. The van der Waals surface area contributed by atoms with E-state index in [4.69, 9.17) is 8.92 Å². The smallest absolute Gasteiger partial charge is 0.306 e. The van der Waals surface area contributed by atoms with E-state index in [1.165, 1.54) is 0 Å². The number of benzene rings is 2. The summed E-state index contributed by atoms with van der Waals surface area (Å²) in [5, 5.41) is 0. The molecule has 1 amide bonds. The molecule has 0 spiro atoms. The second kappa shape index (κ2) is 9.59. The number of carbonyl (C=O) groups excluding carboxylic acids is 1. The summed E-state index contributed by atoms with van der Waals surface area (Å²) in [6.07, 6.45) is 2.15. The molecule has 1 atom stereocenters. The molecule has 0 saturated carbocycles. The zero-order valence-electron chi connectivity index (χ0n) is 16.7. The van der Waals surface area contributed by atoms with Crippen LogP contribution in [0, 0.1) is 0 Å². The lowest BCUT2D eigenvalue weighted by molar-refractivity contribution is -0.133. The van der Waals surface area contributed by atoms with Crippen molar-refractivity contribution in [2.75, 3.05) is 13.4 Å². The third-order valence-electron chi connectivity index (χ3n) is 4.48. The van der Waals surface area contributed by atoms with Gasteiger partial charge in [-0.15, -0.1) is 0 Å². The average molecular weight is 406 g/mol. The average Bonchev–Trinajstić information content (AvgIpc) is 2.66. The van der Waals surface area contributed by atoms with Crippen LogP contribution in [-0.4, -0.2) is 38.6 Å². The van der Waals surface area contributed by atoms with Gasteiger partial charge in [0.05, 0.1) is 19.8 Å². The van der Waals surface area contributed by atoms with E-state index in [1.54, 1.807) is 31.4 Å². The largest absolute Gasteiger partial charge is 0.497 e. The Morgan fingerprint density at radius 2 is 1.54 bits per heavy atom. The lowest BCUT2D eigenvalue weighted by atomic mass is 10.1.